The Balaban J connectivity index is 1.54. The summed E-state index contributed by atoms with van der Waals surface area (Å²) in [6.07, 6.45) is -2.35. The maximum absolute atomic E-state index is 12.9. The van der Waals surface area contributed by atoms with E-state index in [1.54, 1.807) is 13.8 Å². The molecule has 0 aromatic carbocycles. The Hall–Kier alpha value is -2.15. The molecule has 164 valence electrons. The molecule has 2 unspecified atom stereocenters. The minimum atomic E-state index is -3.88. The lowest BCUT2D eigenvalue weighted by atomic mass is 10.1. The Labute approximate surface area is 171 Å². The molecule has 2 aliphatic rings. The van der Waals surface area contributed by atoms with Crippen LogP contribution in [0.25, 0.3) is 11.2 Å². The standard InChI is InChI=1S/C16H23N6O7P/c1-4-26-16(24)7(2)21-30(25)27-5-9-12(29-30)11(23)15(28-9)22-6-18-10-13(17)19-8(3)20-14(10)22/h6-7,9,11-12,15,23H,4-5H2,1-3H3,(H,21,25)(H2,17,19,20)/t7-,9?,11-,12+,15+,30?/m0/s1. The van der Waals surface area contributed by atoms with Crippen LogP contribution in [0, 0.1) is 6.92 Å². The molecule has 0 bridgehead atoms. The summed E-state index contributed by atoms with van der Waals surface area (Å²) in [5.74, 6) is 0.0518. The van der Waals surface area contributed by atoms with Gasteiger partial charge in [0, 0.05) is 0 Å². The highest BCUT2D eigenvalue weighted by Crippen LogP contribution is 2.53. The second-order valence-corrected chi connectivity index (χ2v) is 8.72. The van der Waals surface area contributed by atoms with Crippen LogP contribution in [0.1, 0.15) is 25.9 Å². The van der Waals surface area contributed by atoms with Crippen LogP contribution >= 0.6 is 7.75 Å². The summed E-state index contributed by atoms with van der Waals surface area (Å²) >= 11 is 0. The maximum atomic E-state index is 12.9. The van der Waals surface area contributed by atoms with Gasteiger partial charge in [0.25, 0.3) is 0 Å². The number of nitrogens with zero attached hydrogens (tertiary/aromatic N) is 4. The van der Waals surface area contributed by atoms with Crippen LogP contribution in [-0.2, 0) is 27.9 Å². The van der Waals surface area contributed by atoms with Gasteiger partial charge in [0.05, 0.1) is 19.5 Å². The topological polar surface area (TPSA) is 173 Å². The van der Waals surface area contributed by atoms with Crippen LogP contribution in [0.4, 0.5) is 5.82 Å². The van der Waals surface area contributed by atoms with Crippen molar-refractivity contribution in [3.63, 3.8) is 0 Å². The zero-order valence-corrected chi connectivity index (χ0v) is 17.5. The number of imidazole rings is 1. The van der Waals surface area contributed by atoms with Crippen molar-refractivity contribution in [3.05, 3.63) is 12.2 Å². The van der Waals surface area contributed by atoms with E-state index in [0.29, 0.717) is 17.0 Å². The summed E-state index contributed by atoms with van der Waals surface area (Å²) in [6.45, 7) is 4.90. The number of nitrogen functional groups attached to an aromatic ring is 1. The predicted octanol–water partition coefficient (Wildman–Crippen LogP) is 0.0399. The van der Waals surface area contributed by atoms with Crippen molar-refractivity contribution in [2.75, 3.05) is 18.9 Å². The van der Waals surface area contributed by atoms with Crippen LogP contribution in [-0.4, -0.2) is 68.2 Å². The number of esters is 1. The van der Waals surface area contributed by atoms with E-state index in [-0.39, 0.29) is 19.0 Å². The van der Waals surface area contributed by atoms with Crippen LogP contribution in [0.15, 0.2) is 6.33 Å². The van der Waals surface area contributed by atoms with Crippen molar-refractivity contribution in [2.45, 2.75) is 51.4 Å². The number of aromatic nitrogens is 4. The second-order valence-electron chi connectivity index (χ2n) is 7.00. The Kier molecular flexibility index (Phi) is 5.51. The molecule has 6 atom stereocenters. The molecule has 0 saturated carbocycles. The second kappa shape index (κ2) is 7.84. The fourth-order valence-corrected chi connectivity index (χ4v) is 5.14. The van der Waals surface area contributed by atoms with Crippen LogP contribution in [0.5, 0.6) is 0 Å². The highest BCUT2D eigenvalue weighted by atomic mass is 31.2. The van der Waals surface area contributed by atoms with Gasteiger partial charge < -0.3 is 20.3 Å². The first-order valence-corrected chi connectivity index (χ1v) is 10.9. The fraction of sp³-hybridized carbons (Fsp3) is 0.625. The molecule has 4 heterocycles. The average Bonchev–Trinajstić information content (AvgIpc) is 3.23. The molecule has 13 nitrogen and oxygen atoms in total. The first kappa shape index (κ1) is 21.1. The zero-order chi connectivity index (χ0) is 21.6. The van der Waals surface area contributed by atoms with Crippen molar-refractivity contribution in [1.29, 1.82) is 0 Å². The summed E-state index contributed by atoms with van der Waals surface area (Å²) in [4.78, 5) is 24.4. The van der Waals surface area contributed by atoms with Crippen LogP contribution in [0.3, 0.4) is 0 Å². The van der Waals surface area contributed by atoms with E-state index < -0.39 is 44.3 Å². The normalized spacial score (nSPS) is 32.1. The number of hydrogen-bond acceptors (Lipinski definition) is 11. The summed E-state index contributed by atoms with van der Waals surface area (Å²) < 4.78 is 36.1. The average molecular weight is 442 g/mol. The Morgan fingerprint density at radius 2 is 2.30 bits per heavy atom. The molecule has 0 radical (unpaired) electrons. The number of rotatable bonds is 5. The lowest BCUT2D eigenvalue weighted by molar-refractivity contribution is -0.145. The largest absolute Gasteiger partial charge is 0.465 e. The summed E-state index contributed by atoms with van der Waals surface area (Å²) in [5.41, 5.74) is 6.65. The summed E-state index contributed by atoms with van der Waals surface area (Å²) in [5, 5.41) is 13.4. The lowest BCUT2D eigenvalue weighted by Crippen LogP contribution is -2.44. The van der Waals surface area contributed by atoms with Gasteiger partial charge in [0.15, 0.2) is 17.7 Å². The molecular formula is C16H23N6O7P. The quantitative estimate of drug-likeness (QED) is 0.420. The van der Waals surface area contributed by atoms with E-state index in [0.717, 1.165) is 0 Å². The predicted molar refractivity (Wildman–Crippen MR) is 102 cm³/mol. The van der Waals surface area contributed by atoms with Crippen molar-refractivity contribution in [2.24, 2.45) is 0 Å². The number of carbonyl (C=O) groups excluding carboxylic acids is 1. The molecule has 2 aromatic rings. The Bertz CT molecular complexity index is 1020. The number of fused-ring (bicyclic) bond motifs is 2. The number of aryl methyl sites for hydroxylation is 1. The minimum absolute atomic E-state index is 0.110. The molecule has 2 fully saturated rings. The molecule has 14 heteroatoms. The number of nitrogens with one attached hydrogen (secondary N) is 1. The van der Waals surface area contributed by atoms with Gasteiger partial charge in [0.1, 0.15) is 35.7 Å². The number of anilines is 1. The number of ether oxygens (including phenoxy) is 2. The van der Waals surface area contributed by atoms with Gasteiger partial charge in [0.2, 0.25) is 0 Å². The first-order chi connectivity index (χ1) is 14.2. The van der Waals surface area contributed by atoms with Gasteiger partial charge in [-0.05, 0) is 20.8 Å². The number of carbonyl (C=O) groups is 1. The van der Waals surface area contributed by atoms with Gasteiger partial charge in [-0.25, -0.2) is 24.6 Å². The molecule has 0 aliphatic carbocycles. The van der Waals surface area contributed by atoms with Gasteiger partial charge in [-0.2, -0.15) is 0 Å². The number of hydrogen-bond donors (Lipinski definition) is 3. The van der Waals surface area contributed by atoms with Gasteiger partial charge in [-0.15, -0.1) is 0 Å². The van der Waals surface area contributed by atoms with E-state index in [1.165, 1.54) is 17.8 Å². The molecule has 2 aromatic heterocycles. The number of aliphatic hydroxyl groups is 1. The van der Waals surface area contributed by atoms with E-state index in [9.17, 15) is 14.5 Å². The third-order valence-corrected chi connectivity index (χ3v) is 6.52. The Morgan fingerprint density at radius 1 is 1.53 bits per heavy atom. The van der Waals surface area contributed by atoms with Crippen molar-refractivity contribution in [1.82, 2.24) is 24.6 Å². The van der Waals surface area contributed by atoms with Crippen molar-refractivity contribution < 1.29 is 33.0 Å². The Morgan fingerprint density at radius 3 is 3.03 bits per heavy atom. The van der Waals surface area contributed by atoms with E-state index in [4.69, 9.17) is 24.3 Å². The molecular weight excluding hydrogens is 419 g/mol. The van der Waals surface area contributed by atoms with Crippen molar-refractivity contribution in [3.8, 4) is 0 Å². The highest BCUT2D eigenvalue weighted by molar-refractivity contribution is 7.51. The zero-order valence-electron chi connectivity index (χ0n) is 16.6. The lowest BCUT2D eigenvalue weighted by Gasteiger charge is -2.32. The number of nitrogens with two attached hydrogens (primary N) is 1. The summed E-state index contributed by atoms with van der Waals surface area (Å²) in [7, 11) is -3.88. The fourth-order valence-electron chi connectivity index (χ4n) is 3.44. The summed E-state index contributed by atoms with van der Waals surface area (Å²) in [6, 6.07) is -0.928. The molecule has 0 spiro atoms. The number of aliphatic hydroxyl groups excluding tert-OH is 1. The molecule has 2 aliphatic heterocycles. The van der Waals surface area contributed by atoms with E-state index in [2.05, 4.69) is 20.0 Å². The van der Waals surface area contributed by atoms with E-state index >= 15 is 0 Å². The minimum Gasteiger partial charge on any atom is -0.465 e. The van der Waals surface area contributed by atoms with Crippen LogP contribution in [0.2, 0.25) is 0 Å². The molecule has 4 N–H and O–H groups in total. The molecule has 2 saturated heterocycles. The van der Waals surface area contributed by atoms with Crippen molar-refractivity contribution >= 4 is 30.7 Å². The van der Waals surface area contributed by atoms with Gasteiger partial charge in [-0.1, -0.05) is 0 Å². The first-order valence-electron chi connectivity index (χ1n) is 9.40. The third kappa shape index (κ3) is 3.68. The van der Waals surface area contributed by atoms with E-state index in [1.807, 2.05) is 0 Å². The smallest absolute Gasteiger partial charge is 0.406 e. The van der Waals surface area contributed by atoms with Gasteiger partial charge >= 0.3 is 13.7 Å². The molecule has 4 rings (SSSR count). The molecule has 30 heavy (non-hydrogen) atoms. The molecule has 0 amide bonds. The van der Waals surface area contributed by atoms with Crippen LogP contribution < -0.4 is 10.8 Å². The third-order valence-electron chi connectivity index (χ3n) is 4.80. The maximum Gasteiger partial charge on any atom is 0.406 e. The monoisotopic (exact) mass is 442 g/mol. The highest BCUT2D eigenvalue weighted by Gasteiger charge is 2.53. The van der Waals surface area contributed by atoms with Gasteiger partial charge in [-0.3, -0.25) is 18.4 Å². The SMILES string of the molecule is CCOC(=O)[C@H](C)NP1(=O)OCC2O[C@@H](n3cnc4c(N)nc(C)nc43)[C@@H](O)[C@@H]2O1.